The minimum Gasteiger partial charge on any atom is -0.464 e. The van der Waals surface area contributed by atoms with Gasteiger partial charge in [0.2, 0.25) is 0 Å². The average Bonchev–Trinajstić information content (AvgIpc) is 2.50. The normalized spacial score (nSPS) is 11.6. The highest BCUT2D eigenvalue weighted by molar-refractivity contribution is 5.71. The van der Waals surface area contributed by atoms with Crippen LogP contribution in [-0.4, -0.2) is 31.9 Å². The van der Waals surface area contributed by atoms with E-state index in [1.165, 1.54) is 6.92 Å². The second-order valence-electron chi connectivity index (χ2n) is 4.69. The van der Waals surface area contributed by atoms with E-state index in [0.29, 0.717) is 11.5 Å². The first-order chi connectivity index (χ1) is 10.5. The smallest absolute Gasteiger partial charge is 0.308 e. The molecule has 1 aromatic carbocycles. The molecule has 0 saturated carbocycles. The van der Waals surface area contributed by atoms with Crippen molar-refractivity contribution in [3.05, 3.63) is 24.3 Å². The third-order valence-electron chi connectivity index (χ3n) is 2.89. The molecule has 0 aliphatic rings. The summed E-state index contributed by atoms with van der Waals surface area (Å²) in [5.41, 5.74) is 0. The van der Waals surface area contributed by atoms with Crippen molar-refractivity contribution in [2.24, 2.45) is 5.92 Å². The van der Waals surface area contributed by atoms with Crippen LogP contribution in [0.2, 0.25) is 0 Å². The number of para-hydroxylation sites is 2. The topological polar surface area (TPSA) is 71.1 Å². The molecule has 0 saturated heterocycles. The number of ether oxygens (including phenoxy) is 4. The second kappa shape index (κ2) is 9.78. The molecular weight excluding hydrogens is 288 g/mol. The number of hydrogen-bond acceptors (Lipinski definition) is 6. The fourth-order valence-corrected chi connectivity index (χ4v) is 1.48. The van der Waals surface area contributed by atoms with Crippen molar-refractivity contribution in [3.8, 4) is 11.5 Å². The van der Waals surface area contributed by atoms with Crippen LogP contribution in [0.15, 0.2) is 24.3 Å². The Morgan fingerprint density at radius 1 is 1.14 bits per heavy atom. The molecule has 6 heteroatoms. The zero-order valence-electron chi connectivity index (χ0n) is 13.2. The van der Waals surface area contributed by atoms with Crippen molar-refractivity contribution in [2.75, 3.05) is 20.0 Å². The SMILES string of the molecule is CCC(C)C(=O)OCCOCOc1ccccc1OC(C)=O. The van der Waals surface area contributed by atoms with Gasteiger partial charge in [-0.15, -0.1) is 0 Å². The Bertz CT molecular complexity index is 485. The van der Waals surface area contributed by atoms with Gasteiger partial charge in [-0.25, -0.2) is 0 Å². The molecular formula is C16H22O6. The lowest BCUT2D eigenvalue weighted by Gasteiger charge is -2.12. The summed E-state index contributed by atoms with van der Waals surface area (Å²) in [6.07, 6.45) is 0.746. The van der Waals surface area contributed by atoms with Gasteiger partial charge in [-0.3, -0.25) is 9.59 Å². The van der Waals surface area contributed by atoms with E-state index in [4.69, 9.17) is 18.9 Å². The standard InChI is InChI=1S/C16H22O6/c1-4-12(2)16(18)20-10-9-19-11-21-14-7-5-6-8-15(14)22-13(3)17/h5-8,12H,4,9-11H2,1-3H3. The molecule has 1 rings (SSSR count). The second-order valence-corrected chi connectivity index (χ2v) is 4.69. The number of carbonyl (C=O) groups is 2. The third-order valence-corrected chi connectivity index (χ3v) is 2.89. The molecule has 0 amide bonds. The fourth-order valence-electron chi connectivity index (χ4n) is 1.48. The third kappa shape index (κ3) is 6.58. The molecule has 122 valence electrons. The zero-order chi connectivity index (χ0) is 16.4. The average molecular weight is 310 g/mol. The Morgan fingerprint density at radius 2 is 1.82 bits per heavy atom. The number of benzene rings is 1. The van der Waals surface area contributed by atoms with Crippen LogP contribution in [0.5, 0.6) is 11.5 Å². The van der Waals surface area contributed by atoms with Gasteiger partial charge in [0, 0.05) is 6.92 Å². The maximum atomic E-state index is 11.4. The van der Waals surface area contributed by atoms with Gasteiger partial charge in [0.15, 0.2) is 18.3 Å². The van der Waals surface area contributed by atoms with E-state index in [2.05, 4.69) is 0 Å². The number of carbonyl (C=O) groups excluding carboxylic acids is 2. The summed E-state index contributed by atoms with van der Waals surface area (Å²) >= 11 is 0. The Labute approximate surface area is 130 Å². The van der Waals surface area contributed by atoms with Crippen LogP contribution in [0.25, 0.3) is 0 Å². The molecule has 1 atom stereocenters. The number of rotatable bonds is 9. The first kappa shape index (κ1) is 18.0. The molecule has 0 radical (unpaired) electrons. The first-order valence-corrected chi connectivity index (χ1v) is 7.19. The van der Waals surface area contributed by atoms with Crippen LogP contribution in [0.4, 0.5) is 0 Å². The van der Waals surface area contributed by atoms with E-state index in [0.717, 1.165) is 6.42 Å². The summed E-state index contributed by atoms with van der Waals surface area (Å²) in [4.78, 5) is 22.4. The van der Waals surface area contributed by atoms with Crippen molar-refractivity contribution < 1.29 is 28.5 Å². The Morgan fingerprint density at radius 3 is 2.45 bits per heavy atom. The van der Waals surface area contributed by atoms with Crippen LogP contribution in [0, 0.1) is 5.92 Å². The predicted octanol–water partition coefficient (Wildman–Crippen LogP) is 2.55. The summed E-state index contributed by atoms with van der Waals surface area (Å²) in [5.74, 6) is -0.0101. The van der Waals surface area contributed by atoms with Crippen LogP contribution >= 0.6 is 0 Å². The van der Waals surface area contributed by atoms with Crippen LogP contribution in [0.3, 0.4) is 0 Å². The van der Waals surface area contributed by atoms with Crippen molar-refractivity contribution in [2.45, 2.75) is 27.2 Å². The van der Waals surface area contributed by atoms with Crippen molar-refractivity contribution >= 4 is 11.9 Å². The van der Waals surface area contributed by atoms with E-state index in [1.807, 2.05) is 13.8 Å². The van der Waals surface area contributed by atoms with Gasteiger partial charge >= 0.3 is 11.9 Å². The minimum atomic E-state index is -0.422. The van der Waals surface area contributed by atoms with Gasteiger partial charge in [0.05, 0.1) is 12.5 Å². The number of esters is 2. The van der Waals surface area contributed by atoms with E-state index < -0.39 is 5.97 Å². The summed E-state index contributed by atoms with van der Waals surface area (Å²) in [5, 5.41) is 0. The van der Waals surface area contributed by atoms with Gasteiger partial charge in [0.1, 0.15) is 6.61 Å². The molecule has 0 N–H and O–H groups in total. The molecule has 22 heavy (non-hydrogen) atoms. The van der Waals surface area contributed by atoms with Gasteiger partial charge in [-0.2, -0.15) is 0 Å². The van der Waals surface area contributed by atoms with Crippen LogP contribution < -0.4 is 9.47 Å². The molecule has 0 aromatic heterocycles. The Hall–Kier alpha value is -2.08. The summed E-state index contributed by atoms with van der Waals surface area (Å²) < 4.78 is 20.6. The number of hydrogen-bond donors (Lipinski definition) is 0. The van der Waals surface area contributed by atoms with Crippen molar-refractivity contribution in [3.63, 3.8) is 0 Å². The molecule has 6 nitrogen and oxygen atoms in total. The molecule has 1 aromatic rings. The molecule has 0 bridgehead atoms. The summed E-state index contributed by atoms with van der Waals surface area (Å²) in [6.45, 7) is 5.45. The summed E-state index contributed by atoms with van der Waals surface area (Å²) in [7, 11) is 0. The molecule has 0 aliphatic carbocycles. The predicted molar refractivity (Wildman–Crippen MR) is 79.6 cm³/mol. The lowest BCUT2D eigenvalue weighted by molar-refractivity contribution is -0.150. The zero-order valence-corrected chi connectivity index (χ0v) is 13.2. The van der Waals surface area contributed by atoms with Crippen LogP contribution in [0.1, 0.15) is 27.2 Å². The van der Waals surface area contributed by atoms with Crippen LogP contribution in [-0.2, 0) is 19.1 Å². The lowest BCUT2D eigenvalue weighted by atomic mass is 10.1. The maximum absolute atomic E-state index is 11.4. The monoisotopic (exact) mass is 310 g/mol. The molecule has 0 spiro atoms. The largest absolute Gasteiger partial charge is 0.464 e. The molecule has 1 unspecified atom stereocenters. The highest BCUT2D eigenvalue weighted by Gasteiger charge is 2.11. The van der Waals surface area contributed by atoms with E-state index in [9.17, 15) is 9.59 Å². The van der Waals surface area contributed by atoms with E-state index in [1.54, 1.807) is 24.3 Å². The van der Waals surface area contributed by atoms with Crippen molar-refractivity contribution in [1.29, 1.82) is 0 Å². The quantitative estimate of drug-likeness (QED) is 0.302. The molecule has 0 aliphatic heterocycles. The summed E-state index contributed by atoms with van der Waals surface area (Å²) in [6, 6.07) is 6.80. The van der Waals surface area contributed by atoms with Crippen molar-refractivity contribution in [1.82, 2.24) is 0 Å². The molecule has 0 heterocycles. The Balaban J connectivity index is 2.25. The van der Waals surface area contributed by atoms with Gasteiger partial charge in [-0.05, 0) is 18.6 Å². The highest BCUT2D eigenvalue weighted by Crippen LogP contribution is 2.26. The van der Waals surface area contributed by atoms with E-state index in [-0.39, 0.29) is 31.9 Å². The van der Waals surface area contributed by atoms with Gasteiger partial charge in [-0.1, -0.05) is 26.0 Å². The first-order valence-electron chi connectivity index (χ1n) is 7.19. The maximum Gasteiger partial charge on any atom is 0.308 e. The van der Waals surface area contributed by atoms with Gasteiger partial charge < -0.3 is 18.9 Å². The highest BCUT2D eigenvalue weighted by atomic mass is 16.7. The molecule has 0 fully saturated rings. The van der Waals surface area contributed by atoms with E-state index >= 15 is 0 Å². The lowest BCUT2D eigenvalue weighted by Crippen LogP contribution is -2.17. The Kier molecular flexibility index (Phi) is 7.99. The minimum absolute atomic E-state index is 0.0286. The fraction of sp³-hybridized carbons (Fsp3) is 0.500. The van der Waals surface area contributed by atoms with Gasteiger partial charge in [0.25, 0.3) is 0 Å².